The second-order valence-electron chi connectivity index (χ2n) is 5.85. The summed E-state index contributed by atoms with van der Waals surface area (Å²) in [6.07, 6.45) is 0. The van der Waals surface area contributed by atoms with Gasteiger partial charge in [0.25, 0.3) is 5.69 Å². The summed E-state index contributed by atoms with van der Waals surface area (Å²) in [7, 11) is 0. The molecule has 1 saturated heterocycles. The number of nitro benzene ring substituents is 1. The molecular weight excluding hydrogens is 336 g/mol. The van der Waals surface area contributed by atoms with Gasteiger partial charge in [-0.2, -0.15) is 0 Å². The first kappa shape index (κ1) is 17.9. The number of ether oxygens (including phenoxy) is 2. The summed E-state index contributed by atoms with van der Waals surface area (Å²) in [6, 6.07) is 11.4. The zero-order valence-electron chi connectivity index (χ0n) is 14.5. The number of rotatable bonds is 6. The van der Waals surface area contributed by atoms with Gasteiger partial charge >= 0.3 is 0 Å². The van der Waals surface area contributed by atoms with Crippen molar-refractivity contribution in [2.24, 2.45) is 0 Å². The van der Waals surface area contributed by atoms with Crippen molar-refractivity contribution in [3.8, 4) is 5.75 Å². The largest absolute Gasteiger partial charge is 0.494 e. The highest BCUT2D eigenvalue weighted by Gasteiger charge is 2.23. The normalized spacial score (nSPS) is 14.1. The van der Waals surface area contributed by atoms with Gasteiger partial charge in [0, 0.05) is 30.3 Å². The third kappa shape index (κ3) is 3.83. The van der Waals surface area contributed by atoms with Crippen LogP contribution in [0.3, 0.4) is 0 Å². The van der Waals surface area contributed by atoms with Gasteiger partial charge in [0.05, 0.1) is 24.7 Å². The molecule has 0 saturated carbocycles. The zero-order valence-corrected chi connectivity index (χ0v) is 14.5. The van der Waals surface area contributed by atoms with Crippen molar-refractivity contribution < 1.29 is 19.2 Å². The maximum atomic E-state index is 12.7. The standard InChI is InChI=1S/C19H20N2O5/c1-2-26-16-6-3-14(4-7-16)19(22)15-5-8-17(18(13-15)21(23)24)20-9-11-25-12-10-20/h3-8,13H,2,9-12H2,1H3. The van der Waals surface area contributed by atoms with Gasteiger partial charge in [0.1, 0.15) is 11.4 Å². The Morgan fingerprint density at radius 3 is 2.42 bits per heavy atom. The number of nitrogens with zero attached hydrogens (tertiary/aromatic N) is 2. The minimum atomic E-state index is -0.445. The van der Waals surface area contributed by atoms with Crippen LogP contribution in [-0.4, -0.2) is 43.6 Å². The summed E-state index contributed by atoms with van der Waals surface area (Å²) in [5.41, 5.74) is 1.20. The van der Waals surface area contributed by atoms with Gasteiger partial charge in [-0.3, -0.25) is 14.9 Å². The smallest absolute Gasteiger partial charge is 0.293 e. The van der Waals surface area contributed by atoms with Crippen LogP contribution in [0.2, 0.25) is 0 Å². The van der Waals surface area contributed by atoms with E-state index in [0.717, 1.165) is 0 Å². The minimum absolute atomic E-state index is 0.0660. The van der Waals surface area contributed by atoms with Crippen molar-refractivity contribution in [2.45, 2.75) is 6.92 Å². The fraction of sp³-hybridized carbons (Fsp3) is 0.316. The molecule has 0 bridgehead atoms. The summed E-state index contributed by atoms with van der Waals surface area (Å²) < 4.78 is 10.7. The predicted molar refractivity (Wildman–Crippen MR) is 97.2 cm³/mol. The Balaban J connectivity index is 1.88. The van der Waals surface area contributed by atoms with Crippen LogP contribution >= 0.6 is 0 Å². The van der Waals surface area contributed by atoms with E-state index in [9.17, 15) is 14.9 Å². The van der Waals surface area contributed by atoms with Gasteiger partial charge in [-0.15, -0.1) is 0 Å². The van der Waals surface area contributed by atoms with E-state index in [2.05, 4.69) is 0 Å². The first-order chi connectivity index (χ1) is 12.6. The molecular formula is C19H20N2O5. The van der Waals surface area contributed by atoms with E-state index in [1.807, 2.05) is 11.8 Å². The van der Waals surface area contributed by atoms with Crippen LogP contribution in [0.25, 0.3) is 0 Å². The molecule has 2 aromatic carbocycles. The third-order valence-corrected chi connectivity index (χ3v) is 4.21. The van der Waals surface area contributed by atoms with Crippen LogP contribution in [0.1, 0.15) is 22.8 Å². The number of hydrogen-bond donors (Lipinski definition) is 0. The van der Waals surface area contributed by atoms with Crippen molar-refractivity contribution >= 4 is 17.2 Å². The van der Waals surface area contributed by atoms with Crippen molar-refractivity contribution in [3.05, 3.63) is 63.7 Å². The second-order valence-corrected chi connectivity index (χ2v) is 5.85. The van der Waals surface area contributed by atoms with Crippen molar-refractivity contribution in [2.75, 3.05) is 37.8 Å². The molecule has 136 valence electrons. The SMILES string of the molecule is CCOc1ccc(C(=O)c2ccc(N3CCOCC3)c([N+](=O)[O-])c2)cc1. The van der Waals surface area contributed by atoms with Gasteiger partial charge in [0.2, 0.25) is 0 Å². The summed E-state index contributed by atoms with van der Waals surface area (Å²) in [5.74, 6) is 0.419. The molecule has 26 heavy (non-hydrogen) atoms. The number of nitro groups is 1. The highest BCUT2D eigenvalue weighted by Crippen LogP contribution is 2.30. The molecule has 0 N–H and O–H groups in total. The maximum absolute atomic E-state index is 12.7. The highest BCUT2D eigenvalue weighted by atomic mass is 16.6. The summed E-state index contributed by atoms with van der Waals surface area (Å²) in [5, 5.41) is 11.5. The fourth-order valence-electron chi connectivity index (χ4n) is 2.92. The number of anilines is 1. The lowest BCUT2D eigenvalue weighted by Gasteiger charge is -2.28. The highest BCUT2D eigenvalue weighted by molar-refractivity contribution is 6.09. The van der Waals surface area contributed by atoms with Gasteiger partial charge in [-0.05, 0) is 43.3 Å². The first-order valence-electron chi connectivity index (χ1n) is 8.49. The molecule has 0 atom stereocenters. The average molecular weight is 356 g/mol. The zero-order chi connectivity index (χ0) is 18.5. The van der Waals surface area contributed by atoms with Crippen LogP contribution in [0.15, 0.2) is 42.5 Å². The van der Waals surface area contributed by atoms with Gasteiger partial charge in [0.15, 0.2) is 5.78 Å². The van der Waals surface area contributed by atoms with Crippen LogP contribution in [0.5, 0.6) is 5.75 Å². The molecule has 7 nitrogen and oxygen atoms in total. The number of morpholine rings is 1. The molecule has 1 aliphatic rings. The second kappa shape index (κ2) is 7.97. The molecule has 0 spiro atoms. The van der Waals surface area contributed by atoms with Crippen LogP contribution in [0.4, 0.5) is 11.4 Å². The Morgan fingerprint density at radius 1 is 1.15 bits per heavy atom. The molecule has 7 heteroatoms. The van der Waals surface area contributed by atoms with E-state index >= 15 is 0 Å². The number of benzene rings is 2. The van der Waals surface area contributed by atoms with Crippen molar-refractivity contribution in [3.63, 3.8) is 0 Å². The Bertz CT molecular complexity index is 798. The topological polar surface area (TPSA) is 81.9 Å². The Kier molecular flexibility index (Phi) is 5.48. The molecule has 0 radical (unpaired) electrons. The molecule has 0 aliphatic carbocycles. The Hall–Kier alpha value is -2.93. The van der Waals surface area contributed by atoms with E-state index in [1.165, 1.54) is 6.07 Å². The van der Waals surface area contributed by atoms with Gasteiger partial charge in [-0.25, -0.2) is 0 Å². The molecule has 1 aliphatic heterocycles. The molecule has 2 aromatic rings. The van der Waals surface area contributed by atoms with E-state index < -0.39 is 4.92 Å². The van der Waals surface area contributed by atoms with E-state index in [-0.39, 0.29) is 17.0 Å². The third-order valence-electron chi connectivity index (χ3n) is 4.21. The van der Waals surface area contributed by atoms with E-state index in [4.69, 9.17) is 9.47 Å². The lowest BCUT2D eigenvalue weighted by atomic mass is 10.0. The van der Waals surface area contributed by atoms with Crippen LogP contribution in [0, 0.1) is 10.1 Å². The van der Waals surface area contributed by atoms with Crippen molar-refractivity contribution in [1.82, 2.24) is 0 Å². The predicted octanol–water partition coefficient (Wildman–Crippen LogP) is 3.06. The number of ketones is 1. The quantitative estimate of drug-likeness (QED) is 0.449. The minimum Gasteiger partial charge on any atom is -0.494 e. The lowest BCUT2D eigenvalue weighted by molar-refractivity contribution is -0.384. The Labute approximate surface area is 151 Å². The summed E-state index contributed by atoms with van der Waals surface area (Å²) >= 11 is 0. The van der Waals surface area contributed by atoms with Crippen molar-refractivity contribution in [1.29, 1.82) is 0 Å². The van der Waals surface area contributed by atoms with Crippen LogP contribution in [-0.2, 0) is 4.74 Å². The summed E-state index contributed by atoms with van der Waals surface area (Å²) in [4.78, 5) is 25.7. The number of hydrogen-bond acceptors (Lipinski definition) is 6. The molecule has 0 unspecified atom stereocenters. The lowest BCUT2D eigenvalue weighted by Crippen LogP contribution is -2.36. The number of carbonyl (C=O) groups excluding carboxylic acids is 1. The molecule has 3 rings (SSSR count). The molecule has 1 fully saturated rings. The van der Waals surface area contributed by atoms with Crippen LogP contribution < -0.4 is 9.64 Å². The Morgan fingerprint density at radius 2 is 1.81 bits per heavy atom. The first-order valence-corrected chi connectivity index (χ1v) is 8.49. The molecule has 0 amide bonds. The number of carbonyl (C=O) groups is 1. The summed E-state index contributed by atoms with van der Waals surface area (Å²) in [6.45, 7) is 4.67. The maximum Gasteiger partial charge on any atom is 0.293 e. The average Bonchev–Trinajstić information content (AvgIpc) is 2.68. The molecule has 0 aromatic heterocycles. The fourth-order valence-corrected chi connectivity index (χ4v) is 2.92. The van der Waals surface area contributed by atoms with E-state index in [1.54, 1.807) is 36.4 Å². The molecule has 1 heterocycles. The monoisotopic (exact) mass is 356 g/mol. The van der Waals surface area contributed by atoms with Gasteiger partial charge < -0.3 is 14.4 Å². The van der Waals surface area contributed by atoms with E-state index in [0.29, 0.717) is 49.9 Å². The van der Waals surface area contributed by atoms with Gasteiger partial charge in [-0.1, -0.05) is 0 Å².